The number of rotatable bonds is 2. The number of hydrogen-bond acceptors (Lipinski definition) is 2. The highest BCUT2D eigenvalue weighted by atomic mass is 15.1. The van der Waals surface area contributed by atoms with Crippen molar-refractivity contribution in [1.82, 2.24) is 15.0 Å². The molecule has 3 N–H and O–H groups in total. The maximum Gasteiger partial charge on any atom is 0.200 e. The van der Waals surface area contributed by atoms with Crippen molar-refractivity contribution in [3.8, 4) is 11.3 Å². The van der Waals surface area contributed by atoms with E-state index in [0.717, 1.165) is 22.7 Å². The number of nitrogens with zero attached hydrogens (tertiary/aromatic N) is 1. The first-order chi connectivity index (χ1) is 7.88. The molecule has 1 aromatic carbocycles. The van der Waals surface area contributed by atoms with Crippen molar-refractivity contribution in [3.05, 3.63) is 36.7 Å². The van der Waals surface area contributed by atoms with Crippen LogP contribution in [-0.2, 0) is 0 Å². The third-order valence-corrected chi connectivity index (χ3v) is 2.69. The van der Waals surface area contributed by atoms with E-state index in [4.69, 9.17) is 0 Å². The summed E-state index contributed by atoms with van der Waals surface area (Å²) < 4.78 is 0. The highest BCUT2D eigenvalue weighted by molar-refractivity contribution is 5.94. The van der Waals surface area contributed by atoms with Gasteiger partial charge in [0.25, 0.3) is 0 Å². The van der Waals surface area contributed by atoms with Gasteiger partial charge in [-0.1, -0.05) is 18.2 Å². The average molecular weight is 212 g/mol. The number of benzene rings is 1. The molecule has 0 aliphatic heterocycles. The molecule has 0 unspecified atom stereocenters. The molecule has 16 heavy (non-hydrogen) atoms. The molecule has 0 fully saturated rings. The first kappa shape index (κ1) is 9.03. The Balaban J connectivity index is 2.18. The molecule has 0 aliphatic rings. The molecule has 0 saturated heterocycles. The molecule has 4 heteroatoms. The Hall–Kier alpha value is -2.23. The molecule has 0 aliphatic carbocycles. The van der Waals surface area contributed by atoms with Gasteiger partial charge < -0.3 is 15.3 Å². The number of hydrogen-bond donors (Lipinski definition) is 3. The number of imidazole rings is 1. The van der Waals surface area contributed by atoms with Crippen molar-refractivity contribution < 1.29 is 0 Å². The van der Waals surface area contributed by atoms with Gasteiger partial charge in [0.15, 0.2) is 5.95 Å². The molecule has 0 saturated carbocycles. The van der Waals surface area contributed by atoms with Gasteiger partial charge in [-0.3, -0.25) is 0 Å². The lowest BCUT2D eigenvalue weighted by atomic mass is 10.1. The van der Waals surface area contributed by atoms with Gasteiger partial charge in [-0.2, -0.15) is 0 Å². The van der Waals surface area contributed by atoms with Crippen LogP contribution in [0.3, 0.4) is 0 Å². The maximum atomic E-state index is 4.22. The van der Waals surface area contributed by atoms with E-state index in [1.807, 2.05) is 31.6 Å². The number of H-pyrrole nitrogens is 2. The van der Waals surface area contributed by atoms with Gasteiger partial charge in [0.2, 0.25) is 0 Å². The zero-order chi connectivity index (χ0) is 11.0. The largest absolute Gasteiger partial charge is 0.360 e. The van der Waals surface area contributed by atoms with Gasteiger partial charge in [0.05, 0.1) is 11.9 Å². The van der Waals surface area contributed by atoms with Crippen LogP contribution in [0.25, 0.3) is 22.2 Å². The Kier molecular flexibility index (Phi) is 1.93. The van der Waals surface area contributed by atoms with Crippen LogP contribution in [-0.4, -0.2) is 22.0 Å². The Morgan fingerprint density at radius 1 is 1.25 bits per heavy atom. The number of aromatic amines is 2. The van der Waals surface area contributed by atoms with Crippen molar-refractivity contribution in [2.45, 2.75) is 0 Å². The predicted octanol–water partition coefficient (Wildman–Crippen LogP) is 2.60. The summed E-state index contributed by atoms with van der Waals surface area (Å²) in [7, 11) is 1.85. The van der Waals surface area contributed by atoms with Crippen LogP contribution in [0.15, 0.2) is 36.7 Å². The van der Waals surface area contributed by atoms with Crippen molar-refractivity contribution in [2.24, 2.45) is 0 Å². The third-order valence-electron chi connectivity index (χ3n) is 2.69. The normalized spacial score (nSPS) is 10.8. The van der Waals surface area contributed by atoms with Crippen LogP contribution >= 0.6 is 0 Å². The van der Waals surface area contributed by atoms with Crippen LogP contribution in [0, 0.1) is 0 Å². The van der Waals surface area contributed by atoms with Crippen LogP contribution < -0.4 is 5.32 Å². The summed E-state index contributed by atoms with van der Waals surface area (Å²) in [5.41, 5.74) is 3.30. The second-order valence-corrected chi connectivity index (χ2v) is 3.64. The number of para-hydroxylation sites is 1. The minimum absolute atomic E-state index is 0.778. The Labute approximate surface area is 92.7 Å². The molecule has 0 radical (unpaired) electrons. The van der Waals surface area contributed by atoms with E-state index in [2.05, 4.69) is 32.4 Å². The topological polar surface area (TPSA) is 56.5 Å². The first-order valence-electron chi connectivity index (χ1n) is 5.18. The van der Waals surface area contributed by atoms with E-state index >= 15 is 0 Å². The molecule has 0 atom stereocenters. The second-order valence-electron chi connectivity index (χ2n) is 3.64. The number of aromatic nitrogens is 3. The van der Waals surface area contributed by atoms with Crippen molar-refractivity contribution >= 4 is 16.9 Å². The Morgan fingerprint density at radius 2 is 2.12 bits per heavy atom. The van der Waals surface area contributed by atoms with Crippen LogP contribution in [0.2, 0.25) is 0 Å². The van der Waals surface area contributed by atoms with Gasteiger partial charge >= 0.3 is 0 Å². The summed E-state index contributed by atoms with van der Waals surface area (Å²) in [5.74, 6) is 0.778. The highest BCUT2D eigenvalue weighted by Gasteiger charge is 2.07. The monoisotopic (exact) mass is 212 g/mol. The molecule has 0 bridgehead atoms. The van der Waals surface area contributed by atoms with E-state index in [-0.39, 0.29) is 0 Å². The minimum Gasteiger partial charge on any atom is -0.360 e. The number of nitrogens with one attached hydrogen (secondary N) is 3. The summed E-state index contributed by atoms with van der Waals surface area (Å²) >= 11 is 0. The number of anilines is 1. The van der Waals surface area contributed by atoms with Crippen LogP contribution in [0.5, 0.6) is 0 Å². The van der Waals surface area contributed by atoms with Crippen molar-refractivity contribution in [2.75, 3.05) is 12.4 Å². The van der Waals surface area contributed by atoms with E-state index in [1.165, 1.54) is 5.39 Å². The van der Waals surface area contributed by atoms with Crippen LogP contribution in [0.1, 0.15) is 0 Å². The fourth-order valence-corrected chi connectivity index (χ4v) is 1.88. The number of fused-ring (bicyclic) bond motifs is 1. The molecule has 2 heterocycles. The summed E-state index contributed by atoms with van der Waals surface area (Å²) in [6, 6.07) is 8.22. The quantitative estimate of drug-likeness (QED) is 0.611. The summed E-state index contributed by atoms with van der Waals surface area (Å²) in [5, 5.41) is 4.18. The van der Waals surface area contributed by atoms with Crippen LogP contribution in [0.4, 0.5) is 5.95 Å². The lowest BCUT2D eigenvalue weighted by Gasteiger charge is -1.95. The molecular formula is C12H12N4. The first-order valence-corrected chi connectivity index (χ1v) is 5.18. The summed E-state index contributed by atoms with van der Waals surface area (Å²) in [6.45, 7) is 0. The van der Waals surface area contributed by atoms with Gasteiger partial charge in [0.1, 0.15) is 0 Å². The molecule has 0 amide bonds. The second kappa shape index (κ2) is 3.41. The maximum absolute atomic E-state index is 4.22. The zero-order valence-corrected chi connectivity index (χ0v) is 8.91. The van der Waals surface area contributed by atoms with Gasteiger partial charge in [-0.25, -0.2) is 4.98 Å². The van der Waals surface area contributed by atoms with E-state index in [0.29, 0.717) is 0 Å². The highest BCUT2D eigenvalue weighted by Crippen LogP contribution is 2.27. The zero-order valence-electron chi connectivity index (χ0n) is 8.91. The van der Waals surface area contributed by atoms with Gasteiger partial charge in [0, 0.05) is 29.7 Å². The van der Waals surface area contributed by atoms with E-state index < -0.39 is 0 Å². The van der Waals surface area contributed by atoms with Crippen molar-refractivity contribution in [3.63, 3.8) is 0 Å². The lowest BCUT2D eigenvalue weighted by Crippen LogP contribution is -1.88. The lowest BCUT2D eigenvalue weighted by molar-refractivity contribution is 1.26. The molecular weight excluding hydrogens is 200 g/mol. The molecule has 80 valence electrons. The van der Waals surface area contributed by atoms with Gasteiger partial charge in [-0.05, 0) is 6.07 Å². The fraction of sp³-hybridized carbons (Fsp3) is 0.0833. The fourth-order valence-electron chi connectivity index (χ4n) is 1.88. The van der Waals surface area contributed by atoms with Crippen molar-refractivity contribution in [1.29, 1.82) is 0 Å². The Morgan fingerprint density at radius 3 is 2.94 bits per heavy atom. The summed E-state index contributed by atoms with van der Waals surface area (Å²) in [4.78, 5) is 10.7. The average Bonchev–Trinajstić information content (AvgIpc) is 2.94. The molecule has 2 aromatic heterocycles. The van der Waals surface area contributed by atoms with E-state index in [9.17, 15) is 0 Å². The SMILES string of the molecule is CNc1ncc(-c2c[nH]c3ccccc23)[nH]1. The smallest absolute Gasteiger partial charge is 0.200 e. The van der Waals surface area contributed by atoms with Gasteiger partial charge in [-0.15, -0.1) is 0 Å². The minimum atomic E-state index is 0.778. The predicted molar refractivity (Wildman–Crippen MR) is 65.4 cm³/mol. The molecule has 3 aromatic rings. The summed E-state index contributed by atoms with van der Waals surface area (Å²) in [6.07, 6.45) is 3.83. The van der Waals surface area contributed by atoms with E-state index in [1.54, 1.807) is 0 Å². The standard InChI is InChI=1S/C12H12N4/c1-13-12-15-7-11(16-12)9-6-14-10-5-3-2-4-8(9)10/h2-7,14H,1H3,(H2,13,15,16). The molecule has 3 rings (SSSR count). The third kappa shape index (κ3) is 1.27. The Bertz CT molecular complexity index is 621. The molecule has 0 spiro atoms. The molecule has 4 nitrogen and oxygen atoms in total.